The second kappa shape index (κ2) is 10.5. The number of hydrogen-bond acceptors (Lipinski definition) is 5. The van der Waals surface area contributed by atoms with Crippen molar-refractivity contribution in [3.05, 3.63) is 77.1 Å². The van der Waals surface area contributed by atoms with Crippen LogP contribution in [0.5, 0.6) is 5.75 Å². The van der Waals surface area contributed by atoms with Gasteiger partial charge in [0.05, 0.1) is 5.75 Å². The molecule has 1 heterocycles. The zero-order chi connectivity index (χ0) is 22.4. The van der Waals surface area contributed by atoms with Gasteiger partial charge < -0.3 is 10.1 Å². The summed E-state index contributed by atoms with van der Waals surface area (Å²) < 4.78 is 7.88. The first-order valence-electron chi connectivity index (χ1n) is 9.83. The van der Waals surface area contributed by atoms with Crippen molar-refractivity contribution in [2.24, 2.45) is 0 Å². The Hall–Kier alpha value is -2.77. The summed E-state index contributed by atoms with van der Waals surface area (Å²) >= 11 is 7.36. The summed E-state index contributed by atoms with van der Waals surface area (Å²) in [7, 11) is 0. The average molecular weight is 457 g/mol. The Morgan fingerprint density at radius 3 is 2.77 bits per heavy atom. The number of anilines is 1. The Morgan fingerprint density at radius 2 is 2.06 bits per heavy atom. The smallest absolute Gasteiger partial charge is 0.234 e. The standard InChI is InChI=1S/C23H25ClN4O2S/c1-5-11-28-22(17(4)30-20-8-6-7-18(24)13-20)26-27-23(28)31-14-21(29)25-19-10-9-15(2)16(3)12-19/h5-10,12-13,17H,1,11,14H2,2-4H3,(H,25,29). The maximum absolute atomic E-state index is 12.4. The van der Waals surface area contributed by atoms with Crippen LogP contribution in [-0.2, 0) is 11.3 Å². The highest BCUT2D eigenvalue weighted by molar-refractivity contribution is 7.99. The van der Waals surface area contributed by atoms with Crippen molar-refractivity contribution in [1.29, 1.82) is 0 Å². The lowest BCUT2D eigenvalue weighted by Crippen LogP contribution is -2.15. The summed E-state index contributed by atoms with van der Waals surface area (Å²) in [4.78, 5) is 12.4. The predicted molar refractivity (Wildman–Crippen MR) is 126 cm³/mol. The number of aryl methyl sites for hydroxylation is 2. The number of rotatable bonds is 9. The molecular weight excluding hydrogens is 432 g/mol. The van der Waals surface area contributed by atoms with Crippen LogP contribution in [0.2, 0.25) is 5.02 Å². The molecule has 3 aromatic rings. The molecule has 0 fully saturated rings. The van der Waals surface area contributed by atoms with Gasteiger partial charge in [0, 0.05) is 17.3 Å². The molecule has 0 aliphatic heterocycles. The first-order valence-corrected chi connectivity index (χ1v) is 11.2. The normalized spacial score (nSPS) is 11.7. The predicted octanol–water partition coefficient (Wildman–Crippen LogP) is 5.61. The fraction of sp³-hybridized carbons (Fsp3) is 0.261. The molecule has 1 N–H and O–H groups in total. The Bertz CT molecular complexity index is 1080. The molecule has 1 unspecified atom stereocenters. The molecule has 1 atom stereocenters. The van der Waals surface area contributed by atoms with Crippen molar-refractivity contribution in [3.63, 3.8) is 0 Å². The van der Waals surface area contributed by atoms with E-state index in [1.54, 1.807) is 18.2 Å². The van der Waals surface area contributed by atoms with Crippen LogP contribution < -0.4 is 10.1 Å². The van der Waals surface area contributed by atoms with Gasteiger partial charge >= 0.3 is 0 Å². The molecule has 0 spiro atoms. The summed E-state index contributed by atoms with van der Waals surface area (Å²) in [5.74, 6) is 1.41. The SMILES string of the molecule is C=CCn1c(SCC(=O)Nc2ccc(C)c(C)c2)nnc1C(C)Oc1cccc(Cl)c1. The third-order valence-corrected chi connectivity index (χ3v) is 5.85. The fourth-order valence-electron chi connectivity index (χ4n) is 2.95. The number of nitrogens with zero attached hydrogens (tertiary/aromatic N) is 3. The maximum atomic E-state index is 12.4. The van der Waals surface area contributed by atoms with Gasteiger partial charge in [-0.2, -0.15) is 0 Å². The number of benzene rings is 2. The molecule has 0 saturated carbocycles. The number of allylic oxidation sites excluding steroid dienone is 1. The first-order chi connectivity index (χ1) is 14.9. The zero-order valence-electron chi connectivity index (χ0n) is 17.8. The van der Waals surface area contributed by atoms with E-state index in [-0.39, 0.29) is 17.8 Å². The Balaban J connectivity index is 1.67. The van der Waals surface area contributed by atoms with E-state index in [1.165, 1.54) is 17.3 Å². The van der Waals surface area contributed by atoms with Crippen LogP contribution in [0.1, 0.15) is 30.0 Å². The van der Waals surface area contributed by atoms with Crippen LogP contribution in [0.25, 0.3) is 0 Å². The number of nitrogens with one attached hydrogen (secondary N) is 1. The minimum atomic E-state index is -0.357. The van der Waals surface area contributed by atoms with Crippen molar-refractivity contribution >= 4 is 35.0 Å². The molecule has 0 aliphatic rings. The molecule has 162 valence electrons. The largest absolute Gasteiger partial charge is 0.483 e. The van der Waals surface area contributed by atoms with Crippen molar-refractivity contribution in [2.45, 2.75) is 38.6 Å². The third kappa shape index (κ3) is 6.12. The van der Waals surface area contributed by atoms with E-state index in [0.29, 0.717) is 28.3 Å². The summed E-state index contributed by atoms with van der Waals surface area (Å²) in [6, 6.07) is 13.1. The number of amides is 1. The van der Waals surface area contributed by atoms with Gasteiger partial charge in [-0.25, -0.2) is 0 Å². The first kappa shape index (κ1) is 22.9. The third-order valence-electron chi connectivity index (χ3n) is 4.65. The van der Waals surface area contributed by atoms with Crippen LogP contribution >= 0.6 is 23.4 Å². The van der Waals surface area contributed by atoms with Crippen molar-refractivity contribution in [3.8, 4) is 5.75 Å². The molecule has 8 heteroatoms. The maximum Gasteiger partial charge on any atom is 0.234 e. The number of ether oxygens (including phenoxy) is 1. The topological polar surface area (TPSA) is 69.0 Å². The van der Waals surface area contributed by atoms with Gasteiger partial charge in [-0.05, 0) is 62.2 Å². The van der Waals surface area contributed by atoms with Crippen LogP contribution in [0.4, 0.5) is 5.69 Å². The van der Waals surface area contributed by atoms with Gasteiger partial charge in [0.1, 0.15) is 5.75 Å². The second-order valence-corrected chi connectivity index (χ2v) is 8.47. The molecule has 1 aromatic heterocycles. The Kier molecular flexibility index (Phi) is 7.76. The van der Waals surface area contributed by atoms with E-state index >= 15 is 0 Å². The highest BCUT2D eigenvalue weighted by Crippen LogP contribution is 2.26. The lowest BCUT2D eigenvalue weighted by Gasteiger charge is -2.16. The molecular formula is C23H25ClN4O2S. The number of carbonyl (C=O) groups excluding carboxylic acids is 1. The average Bonchev–Trinajstić information content (AvgIpc) is 3.12. The van der Waals surface area contributed by atoms with Gasteiger partial charge in [-0.15, -0.1) is 16.8 Å². The van der Waals surface area contributed by atoms with E-state index in [2.05, 4.69) is 22.1 Å². The van der Waals surface area contributed by atoms with Crippen LogP contribution in [0, 0.1) is 13.8 Å². The lowest BCUT2D eigenvalue weighted by atomic mass is 10.1. The molecule has 3 rings (SSSR count). The number of halogens is 1. The highest BCUT2D eigenvalue weighted by atomic mass is 35.5. The number of hydrogen-bond donors (Lipinski definition) is 1. The number of thioether (sulfide) groups is 1. The lowest BCUT2D eigenvalue weighted by molar-refractivity contribution is -0.113. The highest BCUT2D eigenvalue weighted by Gasteiger charge is 2.20. The number of carbonyl (C=O) groups is 1. The molecule has 31 heavy (non-hydrogen) atoms. The van der Waals surface area contributed by atoms with Crippen LogP contribution in [-0.4, -0.2) is 26.4 Å². The van der Waals surface area contributed by atoms with E-state index in [0.717, 1.165) is 11.3 Å². The quantitative estimate of drug-likeness (QED) is 0.335. The minimum absolute atomic E-state index is 0.105. The summed E-state index contributed by atoms with van der Waals surface area (Å²) in [5.41, 5.74) is 3.10. The Morgan fingerprint density at radius 1 is 1.26 bits per heavy atom. The van der Waals surface area contributed by atoms with E-state index in [1.807, 2.05) is 55.7 Å². The van der Waals surface area contributed by atoms with E-state index < -0.39 is 0 Å². The van der Waals surface area contributed by atoms with Crippen LogP contribution in [0.3, 0.4) is 0 Å². The Labute approximate surface area is 191 Å². The van der Waals surface area contributed by atoms with Crippen LogP contribution in [0.15, 0.2) is 60.3 Å². The van der Waals surface area contributed by atoms with E-state index in [9.17, 15) is 4.79 Å². The molecule has 6 nitrogen and oxygen atoms in total. The molecule has 0 saturated heterocycles. The van der Waals surface area contributed by atoms with Gasteiger partial charge in [-0.3, -0.25) is 9.36 Å². The van der Waals surface area contributed by atoms with Gasteiger partial charge in [0.2, 0.25) is 5.91 Å². The zero-order valence-corrected chi connectivity index (χ0v) is 19.3. The molecule has 0 radical (unpaired) electrons. The second-order valence-electron chi connectivity index (χ2n) is 7.09. The van der Waals surface area contributed by atoms with Crippen molar-refractivity contribution in [2.75, 3.05) is 11.1 Å². The molecule has 0 bridgehead atoms. The van der Waals surface area contributed by atoms with Gasteiger partial charge in [-0.1, -0.05) is 41.6 Å². The number of aromatic nitrogens is 3. The minimum Gasteiger partial charge on any atom is -0.483 e. The fourth-order valence-corrected chi connectivity index (χ4v) is 3.89. The molecule has 0 aliphatic carbocycles. The molecule has 1 amide bonds. The summed E-state index contributed by atoms with van der Waals surface area (Å²) in [6.45, 7) is 10.3. The molecule has 2 aromatic carbocycles. The van der Waals surface area contributed by atoms with E-state index in [4.69, 9.17) is 16.3 Å². The van der Waals surface area contributed by atoms with Crippen molar-refractivity contribution < 1.29 is 9.53 Å². The van der Waals surface area contributed by atoms with Crippen molar-refractivity contribution in [1.82, 2.24) is 14.8 Å². The van der Waals surface area contributed by atoms with Gasteiger partial charge in [0.15, 0.2) is 17.1 Å². The summed E-state index contributed by atoms with van der Waals surface area (Å²) in [6.07, 6.45) is 1.41. The monoisotopic (exact) mass is 456 g/mol. The van der Waals surface area contributed by atoms with Gasteiger partial charge in [0.25, 0.3) is 0 Å². The summed E-state index contributed by atoms with van der Waals surface area (Å²) in [5, 5.41) is 12.7.